The first-order valence-corrected chi connectivity index (χ1v) is 11.0. The molecule has 0 aliphatic heterocycles. The van der Waals surface area contributed by atoms with E-state index in [1.807, 2.05) is 67.6 Å². The molecular weight excluding hydrogens is 430 g/mol. The van der Waals surface area contributed by atoms with Crippen molar-refractivity contribution in [2.24, 2.45) is 0 Å². The number of carbonyl (C=O) groups excluding carboxylic acids is 1. The van der Waals surface area contributed by atoms with Gasteiger partial charge in [0.1, 0.15) is 12.3 Å². The lowest BCUT2D eigenvalue weighted by molar-refractivity contribution is -0.117. The SMILES string of the molecule is CCc1ccc(NC(=O)Cn2nc3c(Oc4ccc(C)cc4)nc4ccccc4n3c2=O)cc1. The van der Waals surface area contributed by atoms with Crippen LogP contribution in [0.1, 0.15) is 18.1 Å². The number of ether oxygens (including phenoxy) is 1. The molecule has 34 heavy (non-hydrogen) atoms. The van der Waals surface area contributed by atoms with Gasteiger partial charge in [-0.3, -0.25) is 4.79 Å². The predicted molar refractivity (Wildman–Crippen MR) is 130 cm³/mol. The van der Waals surface area contributed by atoms with Gasteiger partial charge in [-0.2, -0.15) is 0 Å². The van der Waals surface area contributed by atoms with Gasteiger partial charge in [0.15, 0.2) is 0 Å². The second-order valence-corrected chi connectivity index (χ2v) is 8.02. The Morgan fingerprint density at radius 1 is 1.00 bits per heavy atom. The smallest absolute Gasteiger partial charge is 0.351 e. The lowest BCUT2D eigenvalue weighted by Crippen LogP contribution is -2.28. The van der Waals surface area contributed by atoms with E-state index < -0.39 is 5.69 Å². The van der Waals surface area contributed by atoms with Gasteiger partial charge in [0.2, 0.25) is 11.6 Å². The third-order valence-electron chi connectivity index (χ3n) is 5.55. The number of nitrogens with zero attached hydrogens (tertiary/aromatic N) is 4. The lowest BCUT2D eigenvalue weighted by atomic mass is 10.1. The van der Waals surface area contributed by atoms with Crippen LogP contribution < -0.4 is 15.7 Å². The molecule has 1 N–H and O–H groups in total. The summed E-state index contributed by atoms with van der Waals surface area (Å²) in [5, 5.41) is 7.22. The summed E-state index contributed by atoms with van der Waals surface area (Å²) in [6.45, 7) is 3.81. The topological polar surface area (TPSA) is 90.5 Å². The summed E-state index contributed by atoms with van der Waals surface area (Å²) in [7, 11) is 0. The number of fused-ring (bicyclic) bond motifs is 3. The molecule has 0 atom stereocenters. The molecule has 5 rings (SSSR count). The van der Waals surface area contributed by atoms with Gasteiger partial charge >= 0.3 is 5.69 Å². The van der Waals surface area contributed by atoms with Gasteiger partial charge in [-0.1, -0.05) is 48.9 Å². The van der Waals surface area contributed by atoms with Gasteiger partial charge in [0.05, 0.1) is 11.0 Å². The highest BCUT2D eigenvalue weighted by molar-refractivity contribution is 5.90. The molecule has 0 saturated carbocycles. The minimum absolute atomic E-state index is 0.189. The summed E-state index contributed by atoms with van der Waals surface area (Å²) >= 11 is 0. The Morgan fingerprint density at radius 2 is 1.74 bits per heavy atom. The van der Waals surface area contributed by atoms with Crippen LogP contribution >= 0.6 is 0 Å². The van der Waals surface area contributed by atoms with Crippen molar-refractivity contribution in [1.82, 2.24) is 19.2 Å². The van der Waals surface area contributed by atoms with Gasteiger partial charge in [-0.15, -0.1) is 5.10 Å². The van der Waals surface area contributed by atoms with E-state index in [-0.39, 0.29) is 24.0 Å². The number of anilines is 1. The molecule has 0 aliphatic rings. The van der Waals surface area contributed by atoms with E-state index in [4.69, 9.17) is 4.74 Å². The number of nitrogens with one attached hydrogen (secondary N) is 1. The number of aryl methyl sites for hydroxylation is 2. The highest BCUT2D eigenvalue weighted by Gasteiger charge is 2.19. The molecule has 0 fully saturated rings. The molecule has 0 bridgehead atoms. The maximum atomic E-state index is 13.3. The number of rotatable bonds is 6. The average molecular weight is 454 g/mol. The van der Waals surface area contributed by atoms with E-state index in [2.05, 4.69) is 22.3 Å². The molecule has 0 unspecified atom stereocenters. The molecule has 0 spiro atoms. The van der Waals surface area contributed by atoms with Crippen LogP contribution in [0, 0.1) is 6.92 Å². The van der Waals surface area contributed by atoms with E-state index in [1.165, 1.54) is 9.96 Å². The summed E-state index contributed by atoms with van der Waals surface area (Å²) in [4.78, 5) is 30.5. The summed E-state index contributed by atoms with van der Waals surface area (Å²) in [6, 6.07) is 22.3. The largest absolute Gasteiger partial charge is 0.436 e. The third-order valence-corrected chi connectivity index (χ3v) is 5.55. The normalized spacial score (nSPS) is 11.1. The van der Waals surface area contributed by atoms with Crippen LogP contribution in [0.25, 0.3) is 16.7 Å². The van der Waals surface area contributed by atoms with E-state index in [0.29, 0.717) is 22.5 Å². The Kier molecular flexibility index (Phi) is 5.55. The van der Waals surface area contributed by atoms with Crippen LogP contribution in [0.4, 0.5) is 5.69 Å². The predicted octanol–water partition coefficient (Wildman–Crippen LogP) is 4.35. The fourth-order valence-electron chi connectivity index (χ4n) is 3.72. The minimum Gasteiger partial charge on any atom is -0.436 e. The Bertz CT molecular complexity index is 1550. The first-order chi connectivity index (χ1) is 16.5. The van der Waals surface area contributed by atoms with E-state index >= 15 is 0 Å². The zero-order chi connectivity index (χ0) is 23.7. The molecular formula is C26H23N5O3. The molecule has 0 aliphatic carbocycles. The number of amides is 1. The molecule has 8 heteroatoms. The third kappa shape index (κ3) is 4.13. The Balaban J connectivity index is 1.52. The second-order valence-electron chi connectivity index (χ2n) is 8.02. The van der Waals surface area contributed by atoms with Crippen molar-refractivity contribution in [1.29, 1.82) is 0 Å². The van der Waals surface area contributed by atoms with Crippen molar-refractivity contribution < 1.29 is 9.53 Å². The van der Waals surface area contributed by atoms with Crippen molar-refractivity contribution in [2.45, 2.75) is 26.8 Å². The summed E-state index contributed by atoms with van der Waals surface area (Å²) in [5.74, 6) is 0.410. The first-order valence-electron chi connectivity index (χ1n) is 11.0. The van der Waals surface area contributed by atoms with E-state index in [1.54, 1.807) is 12.1 Å². The number of para-hydroxylation sites is 2. The fourth-order valence-corrected chi connectivity index (χ4v) is 3.72. The van der Waals surface area contributed by atoms with Crippen molar-refractivity contribution in [2.75, 3.05) is 5.32 Å². The molecule has 0 saturated heterocycles. The van der Waals surface area contributed by atoms with E-state index in [0.717, 1.165) is 16.7 Å². The molecule has 2 aromatic heterocycles. The molecule has 2 heterocycles. The number of hydrogen-bond acceptors (Lipinski definition) is 5. The minimum atomic E-state index is -0.446. The van der Waals surface area contributed by atoms with Crippen LogP contribution in [-0.4, -0.2) is 25.1 Å². The number of hydrogen-bond donors (Lipinski definition) is 1. The zero-order valence-electron chi connectivity index (χ0n) is 18.9. The Labute approximate surface area is 195 Å². The van der Waals surface area contributed by atoms with Crippen LogP contribution in [0.15, 0.2) is 77.6 Å². The quantitative estimate of drug-likeness (QED) is 0.413. The molecule has 1 amide bonds. The van der Waals surface area contributed by atoms with Gasteiger partial charge in [-0.25, -0.2) is 18.9 Å². The van der Waals surface area contributed by atoms with Crippen molar-refractivity contribution >= 4 is 28.3 Å². The zero-order valence-corrected chi connectivity index (χ0v) is 18.9. The summed E-state index contributed by atoms with van der Waals surface area (Å²) < 4.78 is 8.55. The summed E-state index contributed by atoms with van der Waals surface area (Å²) in [5.41, 5.74) is 3.90. The molecule has 3 aromatic carbocycles. The van der Waals surface area contributed by atoms with Gasteiger partial charge in [0.25, 0.3) is 5.88 Å². The van der Waals surface area contributed by atoms with Crippen LogP contribution in [-0.2, 0) is 17.8 Å². The van der Waals surface area contributed by atoms with Crippen LogP contribution in [0.2, 0.25) is 0 Å². The van der Waals surface area contributed by atoms with Crippen molar-refractivity contribution in [3.05, 3.63) is 94.4 Å². The van der Waals surface area contributed by atoms with Gasteiger partial charge in [-0.05, 0) is 55.3 Å². The number of benzene rings is 3. The first kappa shape index (κ1) is 21.4. The molecule has 5 aromatic rings. The summed E-state index contributed by atoms with van der Waals surface area (Å²) in [6.07, 6.45) is 0.917. The van der Waals surface area contributed by atoms with Gasteiger partial charge < -0.3 is 10.1 Å². The average Bonchev–Trinajstić information content (AvgIpc) is 3.17. The monoisotopic (exact) mass is 453 g/mol. The molecule has 8 nitrogen and oxygen atoms in total. The maximum Gasteiger partial charge on any atom is 0.351 e. The van der Waals surface area contributed by atoms with Crippen LogP contribution in [0.3, 0.4) is 0 Å². The number of carbonyl (C=O) groups is 1. The van der Waals surface area contributed by atoms with Crippen LogP contribution in [0.5, 0.6) is 11.6 Å². The molecule has 0 radical (unpaired) electrons. The highest BCUT2D eigenvalue weighted by Crippen LogP contribution is 2.26. The number of aromatic nitrogens is 4. The van der Waals surface area contributed by atoms with Gasteiger partial charge in [0, 0.05) is 5.69 Å². The fraction of sp³-hybridized carbons (Fsp3) is 0.154. The Morgan fingerprint density at radius 3 is 2.47 bits per heavy atom. The van der Waals surface area contributed by atoms with E-state index in [9.17, 15) is 9.59 Å². The lowest BCUT2D eigenvalue weighted by Gasteiger charge is -2.07. The Hall–Kier alpha value is -4.46. The van der Waals surface area contributed by atoms with Crippen molar-refractivity contribution in [3.8, 4) is 11.6 Å². The van der Waals surface area contributed by atoms with Crippen molar-refractivity contribution in [3.63, 3.8) is 0 Å². The standard InChI is InChI=1S/C26H23N5O3/c1-3-18-10-12-19(13-11-18)27-23(32)16-30-26(33)31-22-7-5-4-6-21(22)28-25(24(31)29-30)34-20-14-8-17(2)9-15-20/h4-15H,3,16H2,1-2H3,(H,27,32). The molecule has 170 valence electrons. The highest BCUT2D eigenvalue weighted by atomic mass is 16.5. The maximum absolute atomic E-state index is 13.3. The second kappa shape index (κ2) is 8.82.